The van der Waals surface area contributed by atoms with Crippen LogP contribution in [-0.4, -0.2) is 17.6 Å². The van der Waals surface area contributed by atoms with E-state index in [1.807, 2.05) is 0 Å². The van der Waals surface area contributed by atoms with Crippen LogP contribution in [0.3, 0.4) is 0 Å². The highest BCUT2D eigenvalue weighted by molar-refractivity contribution is 5.72. The third-order valence-electron chi connectivity index (χ3n) is 1.03. The van der Waals surface area contributed by atoms with E-state index in [1.165, 1.54) is 6.08 Å². The molecule has 0 aromatic carbocycles. The van der Waals surface area contributed by atoms with Crippen molar-refractivity contribution in [3.8, 4) is 0 Å². The van der Waals surface area contributed by atoms with Crippen molar-refractivity contribution in [3.05, 3.63) is 12.3 Å². The fourth-order valence-corrected chi connectivity index (χ4v) is 0.546. The third-order valence-corrected chi connectivity index (χ3v) is 1.03. The van der Waals surface area contributed by atoms with E-state index >= 15 is 0 Å². The second-order valence-corrected chi connectivity index (χ2v) is 1.64. The first kappa shape index (κ1) is 5.15. The van der Waals surface area contributed by atoms with E-state index in [9.17, 15) is 4.79 Å². The summed E-state index contributed by atoms with van der Waals surface area (Å²) in [6.07, 6.45) is 4.11. The summed E-state index contributed by atoms with van der Waals surface area (Å²) in [4.78, 5) is 10.1. The second-order valence-electron chi connectivity index (χ2n) is 1.64. The van der Waals surface area contributed by atoms with Crippen LogP contribution in [-0.2, 0) is 4.79 Å². The zero-order chi connectivity index (χ0) is 5.98. The van der Waals surface area contributed by atoms with Crippen molar-refractivity contribution in [3.63, 3.8) is 0 Å². The predicted octanol–water partition coefficient (Wildman–Crippen LogP) is -0.393. The molecule has 1 aliphatic rings. The van der Waals surface area contributed by atoms with Crippen LogP contribution in [0.5, 0.6) is 0 Å². The van der Waals surface area contributed by atoms with E-state index in [0.29, 0.717) is 6.54 Å². The topological polar surface area (TPSA) is 49.3 Å². The normalized spacial score (nSPS) is 25.2. The van der Waals surface area contributed by atoms with Gasteiger partial charge >= 0.3 is 5.97 Å². The summed E-state index contributed by atoms with van der Waals surface area (Å²) in [5, 5.41) is 11.0. The molecule has 3 nitrogen and oxygen atoms in total. The Morgan fingerprint density at radius 1 is 2.00 bits per heavy atom. The summed E-state index contributed by atoms with van der Waals surface area (Å²) >= 11 is 0. The van der Waals surface area contributed by atoms with E-state index in [2.05, 4.69) is 11.5 Å². The van der Waals surface area contributed by atoms with E-state index < -0.39 is 5.97 Å². The Morgan fingerprint density at radius 2 is 2.75 bits per heavy atom. The Labute approximate surface area is 47.0 Å². The lowest BCUT2D eigenvalue weighted by Crippen LogP contribution is -2.17. The fraction of sp³-hybridized carbons (Fsp3) is 0.400. The van der Waals surface area contributed by atoms with Crippen LogP contribution in [0.25, 0.3) is 0 Å². The summed E-state index contributed by atoms with van der Waals surface area (Å²) in [5.74, 6) is -1.16. The summed E-state index contributed by atoms with van der Waals surface area (Å²) in [5.41, 5.74) is 0. The SMILES string of the molecule is O=C(O)C1C=[C]NC1. The summed E-state index contributed by atoms with van der Waals surface area (Å²) < 4.78 is 0. The van der Waals surface area contributed by atoms with E-state index in [0.717, 1.165) is 0 Å². The van der Waals surface area contributed by atoms with Crippen LogP contribution in [0.1, 0.15) is 0 Å². The first-order valence-corrected chi connectivity index (χ1v) is 2.35. The number of hydrogen-bond acceptors (Lipinski definition) is 2. The lowest BCUT2D eigenvalue weighted by Gasteiger charge is -1.95. The Kier molecular flexibility index (Phi) is 1.20. The van der Waals surface area contributed by atoms with Gasteiger partial charge in [0.25, 0.3) is 0 Å². The maximum Gasteiger partial charge on any atom is 0.312 e. The summed E-state index contributed by atoms with van der Waals surface area (Å²) in [6.45, 7) is 0.481. The smallest absolute Gasteiger partial charge is 0.312 e. The van der Waals surface area contributed by atoms with E-state index in [1.54, 1.807) is 0 Å². The van der Waals surface area contributed by atoms with Crippen molar-refractivity contribution in [2.24, 2.45) is 5.92 Å². The van der Waals surface area contributed by atoms with Crippen molar-refractivity contribution in [2.45, 2.75) is 0 Å². The van der Waals surface area contributed by atoms with Gasteiger partial charge in [-0.25, -0.2) is 0 Å². The number of carboxylic acid groups (broad SMARTS) is 1. The molecule has 0 spiro atoms. The van der Waals surface area contributed by atoms with Crippen LogP contribution >= 0.6 is 0 Å². The molecule has 1 radical (unpaired) electrons. The molecule has 1 atom stereocenters. The van der Waals surface area contributed by atoms with Crippen molar-refractivity contribution < 1.29 is 9.90 Å². The maximum atomic E-state index is 10.1. The molecule has 43 valence electrons. The van der Waals surface area contributed by atoms with Crippen LogP contribution in [0.15, 0.2) is 6.08 Å². The van der Waals surface area contributed by atoms with Gasteiger partial charge in [-0.3, -0.25) is 4.79 Å². The number of rotatable bonds is 1. The molecule has 8 heavy (non-hydrogen) atoms. The Morgan fingerprint density at radius 3 is 3.00 bits per heavy atom. The van der Waals surface area contributed by atoms with E-state index in [4.69, 9.17) is 5.11 Å². The minimum Gasteiger partial charge on any atom is -0.481 e. The zero-order valence-electron chi connectivity index (χ0n) is 4.22. The molecule has 1 unspecified atom stereocenters. The molecule has 0 amide bonds. The average molecular weight is 112 g/mol. The molecule has 0 saturated carbocycles. The molecule has 2 N–H and O–H groups in total. The van der Waals surface area contributed by atoms with Crippen LogP contribution in [0.4, 0.5) is 0 Å². The van der Waals surface area contributed by atoms with Gasteiger partial charge in [0.1, 0.15) is 0 Å². The number of nitrogens with one attached hydrogen (secondary N) is 1. The molecule has 0 bridgehead atoms. The van der Waals surface area contributed by atoms with Gasteiger partial charge in [0.05, 0.1) is 12.1 Å². The van der Waals surface area contributed by atoms with Crippen LogP contribution in [0, 0.1) is 12.1 Å². The van der Waals surface area contributed by atoms with Crippen LogP contribution in [0.2, 0.25) is 0 Å². The molecule has 0 saturated heterocycles. The van der Waals surface area contributed by atoms with Crippen molar-refractivity contribution >= 4 is 5.97 Å². The monoisotopic (exact) mass is 112 g/mol. The summed E-state index contributed by atoms with van der Waals surface area (Å²) in [6, 6.07) is 0. The lowest BCUT2D eigenvalue weighted by molar-refractivity contribution is -0.139. The predicted molar refractivity (Wildman–Crippen MR) is 26.9 cm³/mol. The molecule has 1 aliphatic heterocycles. The Hall–Kier alpha value is -0.990. The van der Waals surface area contributed by atoms with Gasteiger partial charge in [-0.05, 0) is 6.08 Å². The number of carboxylic acids is 1. The lowest BCUT2D eigenvalue weighted by atomic mass is 10.2. The molecule has 1 heterocycles. The standard InChI is InChI=1S/C5H6NO2/c7-5(8)4-1-2-6-3-4/h1,4,6H,3H2,(H,7,8). The van der Waals surface area contributed by atoms with Crippen molar-refractivity contribution in [1.82, 2.24) is 5.32 Å². The van der Waals surface area contributed by atoms with Crippen molar-refractivity contribution in [1.29, 1.82) is 0 Å². The minimum absolute atomic E-state index is 0.366. The highest BCUT2D eigenvalue weighted by Gasteiger charge is 2.15. The van der Waals surface area contributed by atoms with Gasteiger partial charge < -0.3 is 10.4 Å². The molecular formula is C5H6NO2. The Bertz CT molecular complexity index is 130. The molecule has 0 aromatic rings. The second kappa shape index (κ2) is 1.86. The van der Waals surface area contributed by atoms with Gasteiger partial charge in [-0.2, -0.15) is 0 Å². The quantitative estimate of drug-likeness (QED) is 0.485. The highest BCUT2D eigenvalue weighted by Crippen LogP contribution is 2.00. The molecular weight excluding hydrogens is 106 g/mol. The molecule has 0 fully saturated rings. The van der Waals surface area contributed by atoms with Crippen LogP contribution < -0.4 is 5.32 Å². The average Bonchev–Trinajstić information content (AvgIpc) is 2.12. The highest BCUT2D eigenvalue weighted by atomic mass is 16.4. The van der Waals surface area contributed by atoms with E-state index in [-0.39, 0.29) is 5.92 Å². The first-order chi connectivity index (χ1) is 3.80. The zero-order valence-corrected chi connectivity index (χ0v) is 4.22. The fourth-order valence-electron chi connectivity index (χ4n) is 0.546. The van der Waals surface area contributed by atoms with Gasteiger partial charge in [0.15, 0.2) is 0 Å². The number of hydrogen-bond donors (Lipinski definition) is 2. The minimum atomic E-state index is -0.789. The molecule has 1 rings (SSSR count). The third kappa shape index (κ3) is 0.804. The van der Waals surface area contributed by atoms with Gasteiger partial charge in [0.2, 0.25) is 0 Å². The largest absolute Gasteiger partial charge is 0.481 e. The molecule has 3 heteroatoms. The first-order valence-electron chi connectivity index (χ1n) is 2.35. The molecule has 0 aromatic heterocycles. The van der Waals surface area contributed by atoms with Gasteiger partial charge in [-0.15, -0.1) is 0 Å². The Balaban J connectivity index is 2.48. The maximum absolute atomic E-state index is 10.1. The molecule has 0 aliphatic carbocycles. The summed E-state index contributed by atoms with van der Waals surface area (Å²) in [7, 11) is 0. The van der Waals surface area contributed by atoms with Gasteiger partial charge in [0, 0.05) is 6.54 Å². The van der Waals surface area contributed by atoms with Gasteiger partial charge in [-0.1, -0.05) is 0 Å². The number of carbonyl (C=O) groups is 1. The number of aliphatic carboxylic acids is 1. The van der Waals surface area contributed by atoms with Crippen molar-refractivity contribution in [2.75, 3.05) is 6.54 Å².